The molecule has 0 fully saturated rings. The Hall–Kier alpha value is -3.34. The molecule has 2 aromatic carbocycles. The number of nitro benzene ring substituents is 1. The van der Waals surface area contributed by atoms with Crippen molar-refractivity contribution in [2.24, 2.45) is 0 Å². The average molecular weight is 410 g/mol. The van der Waals surface area contributed by atoms with Gasteiger partial charge in [-0.15, -0.1) is 0 Å². The number of carbonyl (C=O) groups is 2. The topological polar surface area (TPSA) is 133 Å². The molecule has 11 heteroatoms. The van der Waals surface area contributed by atoms with Crippen LogP contribution in [0.25, 0.3) is 0 Å². The quantitative estimate of drug-likeness (QED) is 0.439. The van der Waals surface area contributed by atoms with Gasteiger partial charge in [-0.25, -0.2) is 17.6 Å². The molecule has 0 unspecified atom stereocenters. The molecule has 9 nitrogen and oxygen atoms in total. The van der Waals surface area contributed by atoms with Crippen LogP contribution in [0, 0.1) is 15.9 Å². The molecule has 1 N–H and O–H groups in total. The summed E-state index contributed by atoms with van der Waals surface area (Å²) in [5.74, 6) is -2.25. The molecule has 2 aromatic rings. The number of nitro groups is 1. The maximum atomic E-state index is 12.9. The molecule has 0 saturated heterocycles. The molecule has 148 valence electrons. The van der Waals surface area contributed by atoms with E-state index < -0.39 is 49.1 Å². The van der Waals surface area contributed by atoms with Crippen molar-refractivity contribution in [2.45, 2.75) is 17.9 Å². The number of anilines is 1. The van der Waals surface area contributed by atoms with Crippen LogP contribution in [0.3, 0.4) is 0 Å². The number of halogens is 1. The lowest BCUT2D eigenvalue weighted by Gasteiger charge is -2.13. The van der Waals surface area contributed by atoms with E-state index in [0.29, 0.717) is 0 Å². The predicted octanol–water partition coefficient (Wildman–Crippen LogP) is 2.32. The minimum atomic E-state index is -3.88. The van der Waals surface area contributed by atoms with E-state index in [1.165, 1.54) is 19.1 Å². The number of carbonyl (C=O) groups excluding carboxylic acids is 2. The highest BCUT2D eigenvalue weighted by atomic mass is 32.2. The predicted molar refractivity (Wildman–Crippen MR) is 96.1 cm³/mol. The lowest BCUT2D eigenvalue weighted by Crippen LogP contribution is -2.30. The number of esters is 1. The summed E-state index contributed by atoms with van der Waals surface area (Å²) >= 11 is 0. The number of nitrogens with zero attached hydrogens (tertiary/aromatic N) is 1. The summed E-state index contributed by atoms with van der Waals surface area (Å²) in [6, 6.07) is 7.64. The molecule has 1 atom stereocenters. The van der Waals surface area contributed by atoms with Crippen molar-refractivity contribution in [2.75, 3.05) is 11.6 Å². The monoisotopic (exact) mass is 410 g/mol. The van der Waals surface area contributed by atoms with Gasteiger partial charge in [0.15, 0.2) is 15.9 Å². The molecule has 0 heterocycles. The van der Waals surface area contributed by atoms with E-state index in [-0.39, 0.29) is 11.3 Å². The van der Waals surface area contributed by atoms with E-state index in [1.807, 2.05) is 0 Å². The second kappa shape index (κ2) is 8.13. The van der Waals surface area contributed by atoms with Gasteiger partial charge in [0.05, 0.1) is 10.5 Å². The highest BCUT2D eigenvalue weighted by Gasteiger charge is 2.26. The van der Waals surface area contributed by atoms with Gasteiger partial charge in [-0.1, -0.05) is 0 Å². The average Bonchev–Trinajstić information content (AvgIpc) is 2.62. The summed E-state index contributed by atoms with van der Waals surface area (Å²) in [7, 11) is -3.88. The van der Waals surface area contributed by atoms with Gasteiger partial charge in [0.1, 0.15) is 10.7 Å². The second-order valence-corrected chi connectivity index (χ2v) is 7.74. The molecule has 2 rings (SSSR count). The van der Waals surface area contributed by atoms with Gasteiger partial charge < -0.3 is 10.1 Å². The lowest BCUT2D eigenvalue weighted by molar-refractivity contribution is -0.387. The molecular weight excluding hydrogens is 395 g/mol. The van der Waals surface area contributed by atoms with Crippen LogP contribution in [0.4, 0.5) is 15.8 Å². The van der Waals surface area contributed by atoms with Crippen LogP contribution in [0.15, 0.2) is 47.4 Å². The Labute approximate surface area is 159 Å². The largest absolute Gasteiger partial charge is 0.449 e. The van der Waals surface area contributed by atoms with E-state index in [9.17, 15) is 32.5 Å². The number of ether oxygens (including phenoxy) is 1. The van der Waals surface area contributed by atoms with Crippen molar-refractivity contribution in [3.05, 3.63) is 64.0 Å². The third-order valence-electron chi connectivity index (χ3n) is 3.56. The van der Waals surface area contributed by atoms with E-state index in [0.717, 1.165) is 36.6 Å². The van der Waals surface area contributed by atoms with Crippen LogP contribution < -0.4 is 5.32 Å². The molecule has 0 aromatic heterocycles. The van der Waals surface area contributed by atoms with E-state index >= 15 is 0 Å². The summed E-state index contributed by atoms with van der Waals surface area (Å²) in [5, 5.41) is 13.5. The van der Waals surface area contributed by atoms with Crippen LogP contribution in [0.5, 0.6) is 0 Å². The SMILES string of the molecule is C[C@@H](OC(=O)c1ccc(S(C)(=O)=O)c([N+](=O)[O-])c1)C(=O)Nc1ccc(F)cc1. The zero-order chi connectivity index (χ0) is 21.1. The minimum absolute atomic E-state index is 0.280. The Kier molecular flexibility index (Phi) is 6.09. The summed E-state index contributed by atoms with van der Waals surface area (Å²) in [4.78, 5) is 33.8. The Morgan fingerprint density at radius 1 is 1.18 bits per heavy atom. The molecule has 0 aliphatic rings. The summed E-state index contributed by atoms with van der Waals surface area (Å²) in [6.07, 6.45) is -0.471. The Morgan fingerprint density at radius 3 is 2.32 bits per heavy atom. The zero-order valence-electron chi connectivity index (χ0n) is 14.7. The highest BCUT2D eigenvalue weighted by molar-refractivity contribution is 7.90. The molecule has 28 heavy (non-hydrogen) atoms. The molecule has 0 saturated carbocycles. The Balaban J connectivity index is 2.15. The van der Waals surface area contributed by atoms with Gasteiger partial charge in [0.2, 0.25) is 0 Å². The third kappa shape index (κ3) is 5.10. The van der Waals surface area contributed by atoms with Crippen molar-refractivity contribution in [3.8, 4) is 0 Å². The molecule has 0 bridgehead atoms. The molecule has 1 amide bonds. The molecular formula is C17H15FN2O7S. The first-order valence-corrected chi connectivity index (χ1v) is 9.64. The Bertz CT molecular complexity index is 1040. The first kappa shape index (κ1) is 21.0. The maximum absolute atomic E-state index is 12.9. The summed E-state index contributed by atoms with van der Waals surface area (Å²) < 4.78 is 41.0. The van der Waals surface area contributed by atoms with Crippen molar-refractivity contribution in [3.63, 3.8) is 0 Å². The van der Waals surface area contributed by atoms with Gasteiger partial charge in [-0.2, -0.15) is 0 Å². The van der Waals surface area contributed by atoms with Crippen molar-refractivity contribution in [1.29, 1.82) is 0 Å². The number of hydrogen-bond acceptors (Lipinski definition) is 7. The molecule has 0 aliphatic carbocycles. The van der Waals surface area contributed by atoms with Gasteiger partial charge in [-0.05, 0) is 43.3 Å². The second-order valence-electron chi connectivity index (χ2n) is 5.76. The highest BCUT2D eigenvalue weighted by Crippen LogP contribution is 2.25. The van der Waals surface area contributed by atoms with E-state index in [1.54, 1.807) is 0 Å². The fraction of sp³-hybridized carbons (Fsp3) is 0.176. The lowest BCUT2D eigenvalue weighted by atomic mass is 10.2. The van der Waals surface area contributed by atoms with E-state index in [4.69, 9.17) is 4.74 Å². The van der Waals surface area contributed by atoms with Crippen LogP contribution >= 0.6 is 0 Å². The number of amides is 1. The fourth-order valence-corrected chi connectivity index (χ4v) is 2.99. The van der Waals surface area contributed by atoms with Crippen LogP contribution in [-0.4, -0.2) is 37.6 Å². The summed E-state index contributed by atoms with van der Waals surface area (Å²) in [5.41, 5.74) is -0.789. The minimum Gasteiger partial charge on any atom is -0.449 e. The first-order chi connectivity index (χ1) is 13.0. The first-order valence-electron chi connectivity index (χ1n) is 7.75. The van der Waals surface area contributed by atoms with Crippen molar-refractivity contribution < 1.29 is 32.1 Å². The smallest absolute Gasteiger partial charge is 0.339 e. The van der Waals surface area contributed by atoms with Gasteiger partial charge in [-0.3, -0.25) is 14.9 Å². The van der Waals surface area contributed by atoms with Crippen molar-refractivity contribution >= 4 is 33.1 Å². The number of hydrogen-bond donors (Lipinski definition) is 1. The molecule has 0 radical (unpaired) electrons. The normalized spacial score (nSPS) is 12.1. The van der Waals surface area contributed by atoms with Crippen LogP contribution in [-0.2, 0) is 19.4 Å². The molecule has 0 spiro atoms. The zero-order valence-corrected chi connectivity index (χ0v) is 15.5. The Morgan fingerprint density at radius 2 is 1.79 bits per heavy atom. The van der Waals surface area contributed by atoms with Crippen LogP contribution in [0.1, 0.15) is 17.3 Å². The van der Waals surface area contributed by atoms with Crippen molar-refractivity contribution in [1.82, 2.24) is 0 Å². The van der Waals surface area contributed by atoms with Gasteiger partial charge >= 0.3 is 5.97 Å². The number of rotatable bonds is 6. The standard InChI is InChI=1S/C17H15FN2O7S/c1-10(16(21)19-13-6-4-12(18)5-7-13)27-17(22)11-3-8-15(28(2,25)26)14(9-11)20(23)24/h3-10H,1-2H3,(H,19,21)/t10-/m1/s1. The fourth-order valence-electron chi connectivity index (χ4n) is 2.16. The molecule has 0 aliphatic heterocycles. The summed E-state index contributed by atoms with van der Waals surface area (Å²) in [6.45, 7) is 1.27. The van der Waals surface area contributed by atoms with E-state index in [2.05, 4.69) is 5.32 Å². The number of sulfone groups is 1. The number of nitrogens with one attached hydrogen (secondary N) is 1. The van der Waals surface area contributed by atoms with Crippen LogP contribution in [0.2, 0.25) is 0 Å². The van der Waals surface area contributed by atoms with Gasteiger partial charge in [0.25, 0.3) is 11.6 Å². The van der Waals surface area contributed by atoms with Gasteiger partial charge in [0, 0.05) is 18.0 Å². The third-order valence-corrected chi connectivity index (χ3v) is 4.70. The number of benzene rings is 2. The maximum Gasteiger partial charge on any atom is 0.339 e.